The Balaban J connectivity index is 2.32. The van der Waals surface area contributed by atoms with Gasteiger partial charge in [-0.2, -0.15) is 0 Å². The summed E-state index contributed by atoms with van der Waals surface area (Å²) in [6.45, 7) is 11.0. The lowest BCUT2D eigenvalue weighted by Gasteiger charge is -2.28. The van der Waals surface area contributed by atoms with E-state index < -0.39 is 0 Å². The summed E-state index contributed by atoms with van der Waals surface area (Å²) in [6, 6.07) is 4.78. The van der Waals surface area contributed by atoms with E-state index in [9.17, 15) is 0 Å². The summed E-state index contributed by atoms with van der Waals surface area (Å²) in [4.78, 5) is 0. The number of hydrogen-bond acceptors (Lipinski definition) is 2. The molecule has 0 aromatic heterocycles. The van der Waals surface area contributed by atoms with E-state index in [4.69, 9.17) is 4.74 Å². The van der Waals surface area contributed by atoms with Crippen LogP contribution in [-0.4, -0.2) is 13.2 Å². The predicted molar refractivity (Wildman–Crippen MR) is 88.4 cm³/mol. The summed E-state index contributed by atoms with van der Waals surface area (Å²) in [7, 11) is 0. The van der Waals surface area contributed by atoms with Crippen LogP contribution in [0.1, 0.15) is 57.7 Å². The van der Waals surface area contributed by atoms with E-state index in [2.05, 4.69) is 61.1 Å². The number of halogens is 1. The third-order valence-electron chi connectivity index (χ3n) is 3.61. The molecule has 3 heteroatoms. The topological polar surface area (TPSA) is 21.3 Å². The highest BCUT2D eigenvalue weighted by Gasteiger charge is 2.26. The van der Waals surface area contributed by atoms with Crippen molar-refractivity contribution in [1.29, 1.82) is 0 Å². The summed E-state index contributed by atoms with van der Waals surface area (Å²) in [5.74, 6) is 1.12. The van der Waals surface area contributed by atoms with Crippen molar-refractivity contribution < 1.29 is 4.74 Å². The second-order valence-corrected chi connectivity index (χ2v) is 7.77. The highest BCUT2D eigenvalue weighted by atomic mass is 79.9. The highest BCUT2D eigenvalue weighted by molar-refractivity contribution is 9.10. The molecule has 2 nitrogen and oxygen atoms in total. The van der Waals surface area contributed by atoms with Gasteiger partial charge in [-0.05, 0) is 42.5 Å². The van der Waals surface area contributed by atoms with Gasteiger partial charge in [0, 0.05) is 22.5 Å². The lowest BCUT2D eigenvalue weighted by atomic mass is 9.84. The Labute approximate surface area is 131 Å². The molecule has 0 spiro atoms. The van der Waals surface area contributed by atoms with Gasteiger partial charge < -0.3 is 10.1 Å². The summed E-state index contributed by atoms with van der Waals surface area (Å²) < 4.78 is 7.06. The number of nitrogens with one attached hydrogen (secondary N) is 1. The maximum Gasteiger partial charge on any atom is 0.127 e. The van der Waals surface area contributed by atoms with Crippen molar-refractivity contribution in [2.75, 3.05) is 13.2 Å². The van der Waals surface area contributed by atoms with Gasteiger partial charge in [0.2, 0.25) is 0 Å². The average Bonchev–Trinajstić information content (AvgIpc) is 2.80. The number of hydrogen-bond donors (Lipinski definition) is 1. The van der Waals surface area contributed by atoms with Gasteiger partial charge in [-0.1, -0.05) is 43.6 Å². The molecule has 1 N–H and O–H groups in total. The van der Waals surface area contributed by atoms with E-state index in [0.29, 0.717) is 11.5 Å². The molecule has 1 heterocycles. The molecule has 1 aromatic rings. The average molecular weight is 340 g/mol. The third kappa shape index (κ3) is 3.98. The number of ether oxygens (including phenoxy) is 1. The molecule has 1 atom stereocenters. The molecule has 0 saturated heterocycles. The van der Waals surface area contributed by atoms with Crippen molar-refractivity contribution in [2.24, 2.45) is 5.41 Å². The summed E-state index contributed by atoms with van der Waals surface area (Å²) >= 11 is 3.65. The van der Waals surface area contributed by atoms with Gasteiger partial charge >= 0.3 is 0 Å². The van der Waals surface area contributed by atoms with Crippen LogP contribution in [0.25, 0.3) is 0 Å². The molecular formula is C17H26BrNO. The molecule has 0 bridgehead atoms. The van der Waals surface area contributed by atoms with E-state index in [1.54, 1.807) is 0 Å². The third-order valence-corrected chi connectivity index (χ3v) is 4.07. The van der Waals surface area contributed by atoms with Gasteiger partial charge in [-0.3, -0.25) is 0 Å². The van der Waals surface area contributed by atoms with Crippen molar-refractivity contribution in [3.8, 4) is 5.75 Å². The molecular weight excluding hydrogens is 314 g/mol. The van der Waals surface area contributed by atoms with Crippen LogP contribution in [0.2, 0.25) is 0 Å². The normalized spacial score (nSPS) is 15.8. The molecule has 1 aliphatic rings. The maximum atomic E-state index is 5.90. The van der Waals surface area contributed by atoms with Gasteiger partial charge in [0.1, 0.15) is 5.75 Å². The standard InChI is InChI=1S/C17H26BrNO/c1-5-7-19-15(11-17(2,3)4)14-10-13(18)9-12-6-8-20-16(12)14/h9-10,15,19H,5-8,11H2,1-4H3. The number of fused-ring (bicyclic) bond motifs is 1. The Bertz CT molecular complexity index is 465. The fourth-order valence-corrected chi connectivity index (χ4v) is 3.30. The zero-order valence-corrected chi connectivity index (χ0v) is 14.6. The minimum Gasteiger partial charge on any atom is -0.493 e. The molecule has 1 aromatic carbocycles. The Morgan fingerprint density at radius 2 is 2.10 bits per heavy atom. The Hall–Kier alpha value is -0.540. The highest BCUT2D eigenvalue weighted by Crippen LogP contribution is 2.40. The fourth-order valence-electron chi connectivity index (χ4n) is 2.78. The Kier molecular flexibility index (Phi) is 5.14. The Morgan fingerprint density at radius 3 is 2.75 bits per heavy atom. The van der Waals surface area contributed by atoms with Crippen LogP contribution >= 0.6 is 15.9 Å². The zero-order valence-electron chi connectivity index (χ0n) is 13.1. The van der Waals surface area contributed by atoms with Crippen LogP contribution in [0.3, 0.4) is 0 Å². The van der Waals surface area contributed by atoms with Crippen LogP contribution in [-0.2, 0) is 6.42 Å². The van der Waals surface area contributed by atoms with E-state index in [1.807, 2.05) is 0 Å². The molecule has 0 amide bonds. The molecule has 0 radical (unpaired) electrons. The van der Waals surface area contributed by atoms with Crippen molar-refractivity contribution in [3.05, 3.63) is 27.7 Å². The predicted octanol–water partition coefficient (Wildman–Crippen LogP) is 4.86. The summed E-state index contributed by atoms with van der Waals surface area (Å²) in [6.07, 6.45) is 3.29. The minimum atomic E-state index is 0.291. The maximum absolute atomic E-state index is 5.90. The molecule has 0 fully saturated rings. The first kappa shape index (κ1) is 15.8. The molecule has 1 aliphatic heterocycles. The molecule has 0 saturated carbocycles. The molecule has 2 rings (SSSR count). The van der Waals surface area contributed by atoms with Gasteiger partial charge in [-0.25, -0.2) is 0 Å². The SMILES string of the molecule is CCCNC(CC(C)(C)C)c1cc(Br)cc2c1OCC2. The molecule has 112 valence electrons. The Morgan fingerprint density at radius 1 is 1.35 bits per heavy atom. The smallest absolute Gasteiger partial charge is 0.127 e. The van der Waals surface area contributed by atoms with Gasteiger partial charge in [0.15, 0.2) is 0 Å². The molecule has 0 aliphatic carbocycles. The first-order valence-electron chi connectivity index (χ1n) is 7.59. The number of benzene rings is 1. The zero-order chi connectivity index (χ0) is 14.8. The first-order chi connectivity index (χ1) is 9.40. The van der Waals surface area contributed by atoms with Crippen molar-refractivity contribution in [3.63, 3.8) is 0 Å². The molecule has 20 heavy (non-hydrogen) atoms. The van der Waals surface area contributed by atoms with E-state index in [1.165, 1.54) is 11.1 Å². The summed E-state index contributed by atoms with van der Waals surface area (Å²) in [5, 5.41) is 3.70. The number of rotatable bonds is 5. The van der Waals surface area contributed by atoms with Crippen LogP contribution in [0.4, 0.5) is 0 Å². The molecule has 1 unspecified atom stereocenters. The minimum absolute atomic E-state index is 0.291. The largest absolute Gasteiger partial charge is 0.493 e. The van der Waals surface area contributed by atoms with Gasteiger partial charge in [0.05, 0.1) is 6.61 Å². The monoisotopic (exact) mass is 339 g/mol. The first-order valence-corrected chi connectivity index (χ1v) is 8.38. The van der Waals surface area contributed by atoms with E-state index >= 15 is 0 Å². The summed E-state index contributed by atoms with van der Waals surface area (Å²) in [5.41, 5.74) is 2.95. The van der Waals surface area contributed by atoms with E-state index in [0.717, 1.165) is 42.6 Å². The van der Waals surface area contributed by atoms with Crippen LogP contribution < -0.4 is 10.1 Å². The van der Waals surface area contributed by atoms with Crippen molar-refractivity contribution in [2.45, 2.75) is 53.0 Å². The van der Waals surface area contributed by atoms with Gasteiger partial charge in [0.25, 0.3) is 0 Å². The lowest BCUT2D eigenvalue weighted by Crippen LogP contribution is -2.26. The lowest BCUT2D eigenvalue weighted by molar-refractivity contribution is 0.300. The van der Waals surface area contributed by atoms with Crippen molar-refractivity contribution in [1.82, 2.24) is 5.32 Å². The van der Waals surface area contributed by atoms with Crippen LogP contribution in [0.15, 0.2) is 16.6 Å². The second-order valence-electron chi connectivity index (χ2n) is 6.85. The fraction of sp³-hybridized carbons (Fsp3) is 0.647. The quantitative estimate of drug-likeness (QED) is 0.826. The second kappa shape index (κ2) is 6.48. The van der Waals surface area contributed by atoms with Crippen LogP contribution in [0.5, 0.6) is 5.75 Å². The van der Waals surface area contributed by atoms with Crippen molar-refractivity contribution >= 4 is 15.9 Å². The van der Waals surface area contributed by atoms with E-state index in [-0.39, 0.29) is 0 Å². The van der Waals surface area contributed by atoms with Crippen LogP contribution in [0, 0.1) is 5.41 Å². The van der Waals surface area contributed by atoms with Gasteiger partial charge in [-0.15, -0.1) is 0 Å².